The van der Waals surface area contributed by atoms with Crippen molar-refractivity contribution in [2.24, 2.45) is 16.0 Å². The standard InChI is InChI=1S/C17H16N4O3/c18-17(23)20-19-15-13-8-4-5-9-14(13)21(16(15)22)10-11-24-12-6-2-1-3-7-12/h1-9,22H,10-11H2,(H2,18,23). The molecule has 122 valence electrons. The third kappa shape index (κ3) is 3.19. The molecule has 2 amide bonds. The van der Waals surface area contributed by atoms with E-state index in [4.69, 9.17) is 10.5 Å². The van der Waals surface area contributed by atoms with Crippen molar-refractivity contribution >= 4 is 22.6 Å². The molecule has 24 heavy (non-hydrogen) atoms. The minimum Gasteiger partial charge on any atom is -0.493 e. The molecule has 7 heteroatoms. The highest BCUT2D eigenvalue weighted by Crippen LogP contribution is 2.38. The quantitative estimate of drug-likeness (QED) is 0.701. The second-order valence-electron chi connectivity index (χ2n) is 5.04. The van der Waals surface area contributed by atoms with E-state index < -0.39 is 6.03 Å². The largest absolute Gasteiger partial charge is 0.493 e. The third-order valence-corrected chi connectivity index (χ3v) is 3.49. The number of rotatable bonds is 5. The Hall–Kier alpha value is -3.35. The molecule has 0 saturated heterocycles. The Labute approximate surface area is 138 Å². The summed E-state index contributed by atoms with van der Waals surface area (Å²) in [5, 5.41) is 18.2. The Morgan fingerprint density at radius 1 is 1.12 bits per heavy atom. The van der Waals surface area contributed by atoms with Gasteiger partial charge in [-0.25, -0.2) is 4.79 Å². The van der Waals surface area contributed by atoms with Crippen molar-refractivity contribution in [3.8, 4) is 11.6 Å². The van der Waals surface area contributed by atoms with E-state index in [-0.39, 0.29) is 11.6 Å². The number of aromatic nitrogens is 1. The highest BCUT2D eigenvalue weighted by Gasteiger charge is 2.16. The number of primary amides is 1. The van der Waals surface area contributed by atoms with Crippen LogP contribution in [0, 0.1) is 0 Å². The number of nitrogens with zero attached hydrogens (tertiary/aromatic N) is 3. The number of carbonyl (C=O) groups is 1. The van der Waals surface area contributed by atoms with Crippen LogP contribution in [-0.4, -0.2) is 22.3 Å². The fourth-order valence-electron chi connectivity index (χ4n) is 2.47. The van der Waals surface area contributed by atoms with E-state index in [2.05, 4.69) is 10.2 Å². The van der Waals surface area contributed by atoms with Gasteiger partial charge in [0.25, 0.3) is 0 Å². The number of aromatic hydroxyl groups is 1. The number of carbonyl (C=O) groups excluding carboxylic acids is 1. The minimum absolute atomic E-state index is 0.0853. The zero-order valence-electron chi connectivity index (χ0n) is 12.8. The lowest BCUT2D eigenvalue weighted by Gasteiger charge is -2.09. The minimum atomic E-state index is -0.918. The lowest BCUT2D eigenvalue weighted by atomic mass is 10.2. The summed E-state index contributed by atoms with van der Waals surface area (Å²) in [6.07, 6.45) is 0. The fraction of sp³-hybridized carbons (Fsp3) is 0.118. The maximum absolute atomic E-state index is 10.8. The Morgan fingerprint density at radius 2 is 1.83 bits per heavy atom. The number of fused-ring (bicyclic) bond motifs is 1. The molecule has 0 aliphatic carbocycles. The number of hydrogen-bond donors (Lipinski definition) is 2. The Kier molecular flexibility index (Phi) is 4.42. The van der Waals surface area contributed by atoms with Gasteiger partial charge in [0.15, 0.2) is 5.69 Å². The smallest absolute Gasteiger partial charge is 0.356 e. The maximum Gasteiger partial charge on any atom is 0.356 e. The molecule has 3 aromatic rings. The van der Waals surface area contributed by atoms with Gasteiger partial charge in [-0.3, -0.25) is 0 Å². The molecule has 0 fully saturated rings. The summed E-state index contributed by atoms with van der Waals surface area (Å²) < 4.78 is 7.32. The topological polar surface area (TPSA) is 102 Å². The summed E-state index contributed by atoms with van der Waals surface area (Å²) in [4.78, 5) is 10.8. The normalized spacial score (nSPS) is 11.2. The van der Waals surface area contributed by atoms with E-state index in [1.165, 1.54) is 0 Å². The molecule has 0 unspecified atom stereocenters. The van der Waals surface area contributed by atoms with Crippen LogP contribution in [0.2, 0.25) is 0 Å². The molecule has 3 rings (SSSR count). The van der Waals surface area contributed by atoms with Gasteiger partial charge >= 0.3 is 6.03 Å². The molecule has 0 aliphatic rings. The van der Waals surface area contributed by atoms with Gasteiger partial charge in [0, 0.05) is 5.39 Å². The Morgan fingerprint density at radius 3 is 2.58 bits per heavy atom. The van der Waals surface area contributed by atoms with Crippen LogP contribution in [-0.2, 0) is 6.54 Å². The van der Waals surface area contributed by atoms with Crippen LogP contribution in [0.5, 0.6) is 11.6 Å². The number of amides is 2. The predicted molar refractivity (Wildman–Crippen MR) is 89.6 cm³/mol. The van der Waals surface area contributed by atoms with Crippen LogP contribution < -0.4 is 10.5 Å². The molecule has 0 saturated carbocycles. The second-order valence-corrected chi connectivity index (χ2v) is 5.04. The SMILES string of the molecule is NC(=O)N=Nc1c(O)n(CCOc2ccccc2)c2ccccc12. The maximum atomic E-state index is 10.8. The number of azo groups is 1. The summed E-state index contributed by atoms with van der Waals surface area (Å²) in [7, 11) is 0. The van der Waals surface area contributed by atoms with Crippen molar-refractivity contribution in [2.45, 2.75) is 6.54 Å². The number of urea groups is 1. The van der Waals surface area contributed by atoms with E-state index in [0.717, 1.165) is 11.3 Å². The van der Waals surface area contributed by atoms with Gasteiger partial charge in [0.1, 0.15) is 12.4 Å². The van der Waals surface area contributed by atoms with Crippen molar-refractivity contribution in [1.82, 2.24) is 4.57 Å². The van der Waals surface area contributed by atoms with Crippen LogP contribution in [0.1, 0.15) is 0 Å². The molecule has 0 aliphatic heterocycles. The summed E-state index contributed by atoms with van der Waals surface area (Å²) in [6.45, 7) is 0.774. The van der Waals surface area contributed by atoms with Crippen LogP contribution in [0.3, 0.4) is 0 Å². The van der Waals surface area contributed by atoms with E-state index in [1.54, 1.807) is 10.6 Å². The number of hydrogen-bond acceptors (Lipinski definition) is 4. The van der Waals surface area contributed by atoms with Crippen molar-refractivity contribution < 1.29 is 14.6 Å². The van der Waals surface area contributed by atoms with Gasteiger partial charge in [-0.1, -0.05) is 41.5 Å². The molecule has 0 bridgehead atoms. The first-order valence-corrected chi connectivity index (χ1v) is 7.36. The second kappa shape index (κ2) is 6.82. The predicted octanol–water partition coefficient (Wildman–Crippen LogP) is 3.59. The highest BCUT2D eigenvalue weighted by molar-refractivity contribution is 5.95. The van der Waals surface area contributed by atoms with Gasteiger partial charge < -0.3 is 20.1 Å². The summed E-state index contributed by atoms with van der Waals surface area (Å²) in [6, 6.07) is 15.8. The first kappa shape index (κ1) is 15.5. The lowest BCUT2D eigenvalue weighted by Crippen LogP contribution is -2.07. The summed E-state index contributed by atoms with van der Waals surface area (Å²) in [5.74, 6) is 0.667. The average Bonchev–Trinajstić information content (AvgIpc) is 2.86. The van der Waals surface area contributed by atoms with Crippen LogP contribution in [0.15, 0.2) is 64.8 Å². The molecular formula is C17H16N4O3. The van der Waals surface area contributed by atoms with Gasteiger partial charge in [-0.2, -0.15) is 0 Å². The fourth-order valence-corrected chi connectivity index (χ4v) is 2.47. The number of ether oxygens (including phenoxy) is 1. The van der Waals surface area contributed by atoms with Crippen molar-refractivity contribution in [3.05, 3.63) is 54.6 Å². The Balaban J connectivity index is 1.87. The summed E-state index contributed by atoms with van der Waals surface area (Å²) >= 11 is 0. The van der Waals surface area contributed by atoms with Crippen LogP contribution in [0.25, 0.3) is 10.9 Å². The average molecular weight is 324 g/mol. The highest BCUT2D eigenvalue weighted by atomic mass is 16.5. The first-order chi connectivity index (χ1) is 11.7. The molecule has 0 atom stereocenters. The van der Waals surface area contributed by atoms with E-state index in [0.29, 0.717) is 18.5 Å². The Bertz CT molecular complexity index is 887. The molecular weight excluding hydrogens is 308 g/mol. The monoisotopic (exact) mass is 324 g/mol. The van der Waals surface area contributed by atoms with Gasteiger partial charge in [-0.15, -0.1) is 5.11 Å². The molecule has 1 aromatic heterocycles. The number of benzene rings is 2. The van der Waals surface area contributed by atoms with E-state index in [1.807, 2.05) is 48.5 Å². The van der Waals surface area contributed by atoms with Gasteiger partial charge in [-0.05, 0) is 18.2 Å². The van der Waals surface area contributed by atoms with Crippen LogP contribution in [0.4, 0.5) is 10.5 Å². The van der Waals surface area contributed by atoms with Crippen LogP contribution >= 0.6 is 0 Å². The molecule has 0 radical (unpaired) electrons. The molecule has 0 spiro atoms. The van der Waals surface area contributed by atoms with Gasteiger partial charge in [0.05, 0.1) is 12.1 Å². The number of para-hydroxylation sites is 2. The van der Waals surface area contributed by atoms with Crippen molar-refractivity contribution in [3.63, 3.8) is 0 Å². The van der Waals surface area contributed by atoms with E-state index >= 15 is 0 Å². The van der Waals surface area contributed by atoms with Crippen molar-refractivity contribution in [2.75, 3.05) is 6.61 Å². The number of nitrogens with two attached hydrogens (primary N) is 1. The molecule has 1 heterocycles. The molecule has 3 N–H and O–H groups in total. The van der Waals surface area contributed by atoms with Crippen molar-refractivity contribution in [1.29, 1.82) is 0 Å². The third-order valence-electron chi connectivity index (χ3n) is 3.49. The zero-order valence-corrected chi connectivity index (χ0v) is 12.8. The zero-order chi connectivity index (χ0) is 16.9. The first-order valence-electron chi connectivity index (χ1n) is 7.36. The lowest BCUT2D eigenvalue weighted by molar-refractivity contribution is 0.255. The molecule has 7 nitrogen and oxygen atoms in total. The summed E-state index contributed by atoms with van der Waals surface area (Å²) in [5.41, 5.74) is 5.96. The van der Waals surface area contributed by atoms with E-state index in [9.17, 15) is 9.90 Å². The molecule has 2 aromatic carbocycles. The van der Waals surface area contributed by atoms with Gasteiger partial charge in [0.2, 0.25) is 5.88 Å².